The Labute approximate surface area is 124 Å². The van der Waals surface area contributed by atoms with Crippen molar-refractivity contribution >= 4 is 12.0 Å². The van der Waals surface area contributed by atoms with Gasteiger partial charge in [0, 0.05) is 17.6 Å². The summed E-state index contributed by atoms with van der Waals surface area (Å²) in [4.78, 5) is 11.4. The van der Waals surface area contributed by atoms with Crippen LogP contribution in [0.3, 0.4) is 0 Å². The second-order valence-electron chi connectivity index (χ2n) is 5.25. The van der Waals surface area contributed by atoms with E-state index in [1.165, 1.54) is 5.56 Å². The zero-order chi connectivity index (χ0) is 14.8. The summed E-state index contributed by atoms with van der Waals surface area (Å²) >= 11 is 0. The second kappa shape index (κ2) is 5.44. The largest absolute Gasteiger partial charge is 0.493 e. The number of fused-ring (bicyclic) bond motifs is 1. The number of carbonyl (C=O) groups is 1. The maximum absolute atomic E-state index is 11.4. The molecule has 0 unspecified atom stereocenters. The molecule has 0 bridgehead atoms. The monoisotopic (exact) mass is 279 g/mol. The predicted octanol–water partition coefficient (Wildman–Crippen LogP) is 3.31. The van der Waals surface area contributed by atoms with E-state index in [0.29, 0.717) is 18.6 Å². The molecule has 2 aromatic carbocycles. The summed E-state index contributed by atoms with van der Waals surface area (Å²) in [5, 5.41) is 0. The molecule has 3 rings (SSSR count). The third-order valence-corrected chi connectivity index (χ3v) is 3.67. The van der Waals surface area contributed by atoms with Crippen molar-refractivity contribution in [2.24, 2.45) is 5.73 Å². The van der Waals surface area contributed by atoms with Gasteiger partial charge in [-0.1, -0.05) is 35.9 Å². The van der Waals surface area contributed by atoms with E-state index in [2.05, 4.69) is 31.2 Å². The van der Waals surface area contributed by atoms with Crippen LogP contribution in [0.15, 0.2) is 48.0 Å². The third kappa shape index (κ3) is 2.82. The van der Waals surface area contributed by atoms with Gasteiger partial charge >= 0.3 is 0 Å². The minimum absolute atomic E-state index is 0.382. The van der Waals surface area contributed by atoms with Crippen LogP contribution in [-0.4, -0.2) is 12.5 Å². The van der Waals surface area contributed by atoms with Crippen molar-refractivity contribution in [2.75, 3.05) is 6.61 Å². The van der Waals surface area contributed by atoms with Gasteiger partial charge < -0.3 is 10.5 Å². The number of nitrogens with two attached hydrogens (primary N) is 1. The molecule has 0 fully saturated rings. The number of rotatable bonds is 2. The summed E-state index contributed by atoms with van der Waals surface area (Å²) in [5.41, 5.74) is 10.4. The minimum Gasteiger partial charge on any atom is -0.493 e. The van der Waals surface area contributed by atoms with Crippen molar-refractivity contribution in [3.8, 4) is 16.9 Å². The first-order valence-electron chi connectivity index (χ1n) is 6.98. The Balaban J connectivity index is 2.05. The summed E-state index contributed by atoms with van der Waals surface area (Å²) in [7, 11) is 0. The first-order chi connectivity index (χ1) is 10.1. The Morgan fingerprint density at radius 1 is 1.10 bits per heavy atom. The molecular formula is C18H17NO2. The third-order valence-electron chi connectivity index (χ3n) is 3.67. The first-order valence-corrected chi connectivity index (χ1v) is 6.98. The van der Waals surface area contributed by atoms with Crippen LogP contribution in [-0.2, 0) is 4.79 Å². The molecule has 0 atom stereocenters. The van der Waals surface area contributed by atoms with Gasteiger partial charge in [-0.15, -0.1) is 0 Å². The topological polar surface area (TPSA) is 52.3 Å². The van der Waals surface area contributed by atoms with Crippen LogP contribution >= 0.6 is 0 Å². The van der Waals surface area contributed by atoms with E-state index >= 15 is 0 Å². The van der Waals surface area contributed by atoms with Crippen molar-refractivity contribution < 1.29 is 9.53 Å². The summed E-state index contributed by atoms with van der Waals surface area (Å²) in [6.07, 6.45) is 2.38. The Morgan fingerprint density at radius 2 is 1.81 bits per heavy atom. The van der Waals surface area contributed by atoms with Crippen molar-refractivity contribution in [1.29, 1.82) is 0 Å². The molecule has 0 saturated heterocycles. The van der Waals surface area contributed by atoms with Gasteiger partial charge in [-0.3, -0.25) is 4.79 Å². The molecule has 1 aliphatic rings. The first kappa shape index (κ1) is 13.4. The molecule has 21 heavy (non-hydrogen) atoms. The number of hydrogen-bond acceptors (Lipinski definition) is 2. The number of primary amides is 1. The fraction of sp³-hybridized carbons (Fsp3) is 0.167. The molecular weight excluding hydrogens is 262 g/mol. The minimum atomic E-state index is -0.382. The number of amides is 1. The van der Waals surface area contributed by atoms with Gasteiger partial charge in [0.25, 0.3) is 0 Å². The molecule has 3 heteroatoms. The summed E-state index contributed by atoms with van der Waals surface area (Å²) in [5.74, 6) is 0.411. The highest BCUT2D eigenvalue weighted by Crippen LogP contribution is 2.31. The molecule has 0 aromatic heterocycles. The molecule has 3 nitrogen and oxygen atoms in total. The Hall–Kier alpha value is -2.55. The number of aryl methyl sites for hydroxylation is 1. The average molecular weight is 279 g/mol. The molecule has 0 radical (unpaired) electrons. The van der Waals surface area contributed by atoms with Gasteiger partial charge in [0.05, 0.1) is 6.61 Å². The number of carbonyl (C=O) groups excluding carboxylic acids is 1. The number of hydrogen-bond donors (Lipinski definition) is 1. The Bertz CT molecular complexity index is 714. The quantitative estimate of drug-likeness (QED) is 0.917. The van der Waals surface area contributed by atoms with Crippen LogP contribution < -0.4 is 10.5 Å². The molecule has 0 aliphatic carbocycles. The zero-order valence-electron chi connectivity index (χ0n) is 11.9. The van der Waals surface area contributed by atoms with Gasteiger partial charge in [0.2, 0.25) is 5.91 Å². The maximum atomic E-state index is 11.4. The molecule has 2 aromatic rings. The highest BCUT2D eigenvalue weighted by Gasteiger charge is 2.13. The fourth-order valence-electron chi connectivity index (χ4n) is 2.44. The van der Waals surface area contributed by atoms with E-state index in [1.54, 1.807) is 0 Å². The smallest absolute Gasteiger partial charge is 0.244 e. The fourth-order valence-corrected chi connectivity index (χ4v) is 2.44. The lowest BCUT2D eigenvalue weighted by atomic mass is 10.00. The molecule has 2 N–H and O–H groups in total. The van der Waals surface area contributed by atoms with Crippen molar-refractivity contribution in [1.82, 2.24) is 0 Å². The van der Waals surface area contributed by atoms with E-state index in [9.17, 15) is 4.79 Å². The van der Waals surface area contributed by atoms with E-state index < -0.39 is 0 Å². The predicted molar refractivity (Wildman–Crippen MR) is 83.9 cm³/mol. The van der Waals surface area contributed by atoms with Gasteiger partial charge in [-0.2, -0.15) is 0 Å². The van der Waals surface area contributed by atoms with Crippen molar-refractivity contribution in [3.63, 3.8) is 0 Å². The van der Waals surface area contributed by atoms with Crippen LogP contribution in [0.4, 0.5) is 0 Å². The lowest BCUT2D eigenvalue weighted by Crippen LogP contribution is -2.14. The Morgan fingerprint density at radius 3 is 2.52 bits per heavy atom. The number of benzene rings is 2. The number of ether oxygens (including phenoxy) is 1. The standard InChI is InChI=1S/C18H17NO2/c1-12-2-4-13(5-3-12)14-6-7-17-16(10-14)11-15(18(19)20)8-9-21-17/h2-7,10-11H,8-9H2,1H3,(H2,19,20). The SMILES string of the molecule is Cc1ccc(-c2ccc3c(c2)C=C(C(N)=O)CCO3)cc1. The highest BCUT2D eigenvalue weighted by molar-refractivity contribution is 5.97. The molecule has 0 spiro atoms. The van der Waals surface area contributed by atoms with Crippen LogP contribution in [0.25, 0.3) is 17.2 Å². The van der Waals surface area contributed by atoms with E-state index in [-0.39, 0.29) is 5.91 Å². The van der Waals surface area contributed by atoms with E-state index in [0.717, 1.165) is 22.4 Å². The molecule has 1 aliphatic heterocycles. The highest BCUT2D eigenvalue weighted by atomic mass is 16.5. The summed E-state index contributed by atoms with van der Waals surface area (Å²) in [6.45, 7) is 2.54. The van der Waals surface area contributed by atoms with Gasteiger partial charge in [-0.25, -0.2) is 0 Å². The molecule has 1 heterocycles. The van der Waals surface area contributed by atoms with Gasteiger partial charge in [0.15, 0.2) is 0 Å². The van der Waals surface area contributed by atoms with Crippen LogP contribution in [0.5, 0.6) is 5.75 Å². The second-order valence-corrected chi connectivity index (χ2v) is 5.25. The van der Waals surface area contributed by atoms with Gasteiger partial charge in [-0.05, 0) is 36.3 Å². The van der Waals surface area contributed by atoms with Crippen LogP contribution in [0, 0.1) is 6.92 Å². The van der Waals surface area contributed by atoms with E-state index in [4.69, 9.17) is 10.5 Å². The van der Waals surface area contributed by atoms with Crippen LogP contribution in [0.2, 0.25) is 0 Å². The van der Waals surface area contributed by atoms with Gasteiger partial charge in [0.1, 0.15) is 5.75 Å². The van der Waals surface area contributed by atoms with E-state index in [1.807, 2.05) is 24.3 Å². The maximum Gasteiger partial charge on any atom is 0.244 e. The average Bonchev–Trinajstić information content (AvgIpc) is 2.69. The molecule has 0 saturated carbocycles. The van der Waals surface area contributed by atoms with Crippen LogP contribution in [0.1, 0.15) is 17.5 Å². The van der Waals surface area contributed by atoms with Crippen molar-refractivity contribution in [3.05, 3.63) is 59.2 Å². The molecule has 1 amide bonds. The van der Waals surface area contributed by atoms with Crippen molar-refractivity contribution in [2.45, 2.75) is 13.3 Å². The normalized spacial score (nSPS) is 13.7. The lowest BCUT2D eigenvalue weighted by Gasteiger charge is -2.09. The molecule has 106 valence electrons. The lowest BCUT2D eigenvalue weighted by molar-refractivity contribution is -0.114. The summed E-state index contributed by atoms with van der Waals surface area (Å²) < 4.78 is 5.68. The summed E-state index contributed by atoms with van der Waals surface area (Å²) in [6, 6.07) is 14.4. The zero-order valence-corrected chi connectivity index (χ0v) is 11.9. The Kier molecular flexibility index (Phi) is 3.48.